The standard InChI is InChI=1S/C16H21F2N3/c1-10(9-19-4)7-14-11(2)20-21(12(14)3)16-6-5-13(17)8-15(16)18/h5-6,8,10,19H,7,9H2,1-4H3. The molecule has 21 heavy (non-hydrogen) atoms. The summed E-state index contributed by atoms with van der Waals surface area (Å²) >= 11 is 0. The molecule has 114 valence electrons. The molecule has 2 rings (SSSR count). The maximum absolute atomic E-state index is 13.9. The summed E-state index contributed by atoms with van der Waals surface area (Å²) in [6, 6.07) is 3.55. The first-order chi connectivity index (χ1) is 9.93. The molecule has 0 spiro atoms. The molecule has 2 aromatic rings. The van der Waals surface area contributed by atoms with E-state index in [0.717, 1.165) is 36.0 Å². The molecule has 1 heterocycles. The van der Waals surface area contributed by atoms with Gasteiger partial charge in [0.1, 0.15) is 11.5 Å². The molecule has 0 amide bonds. The topological polar surface area (TPSA) is 29.9 Å². The normalized spacial score (nSPS) is 12.7. The van der Waals surface area contributed by atoms with Crippen LogP contribution < -0.4 is 5.32 Å². The predicted molar refractivity (Wildman–Crippen MR) is 79.7 cm³/mol. The number of benzene rings is 1. The SMILES string of the molecule is CNCC(C)Cc1c(C)nn(-c2ccc(F)cc2F)c1C. The van der Waals surface area contributed by atoms with Crippen molar-refractivity contribution in [2.24, 2.45) is 5.92 Å². The van der Waals surface area contributed by atoms with Crippen LogP contribution in [0, 0.1) is 31.4 Å². The van der Waals surface area contributed by atoms with E-state index in [1.807, 2.05) is 20.9 Å². The fourth-order valence-corrected chi connectivity index (χ4v) is 2.63. The van der Waals surface area contributed by atoms with Gasteiger partial charge in [-0.15, -0.1) is 0 Å². The molecule has 0 aliphatic heterocycles. The van der Waals surface area contributed by atoms with Crippen LogP contribution >= 0.6 is 0 Å². The van der Waals surface area contributed by atoms with E-state index >= 15 is 0 Å². The van der Waals surface area contributed by atoms with Gasteiger partial charge in [0.15, 0.2) is 5.82 Å². The number of aromatic nitrogens is 2. The predicted octanol–water partition coefficient (Wildman–Crippen LogP) is 3.17. The largest absolute Gasteiger partial charge is 0.319 e. The maximum Gasteiger partial charge on any atom is 0.151 e. The number of rotatable bonds is 5. The minimum atomic E-state index is -0.601. The van der Waals surface area contributed by atoms with Crippen LogP contribution in [0.1, 0.15) is 23.9 Å². The van der Waals surface area contributed by atoms with Crippen LogP contribution in [0.3, 0.4) is 0 Å². The molecule has 1 unspecified atom stereocenters. The first-order valence-corrected chi connectivity index (χ1v) is 7.09. The Morgan fingerprint density at radius 1 is 1.29 bits per heavy atom. The highest BCUT2D eigenvalue weighted by atomic mass is 19.1. The van der Waals surface area contributed by atoms with Gasteiger partial charge in [-0.25, -0.2) is 13.5 Å². The van der Waals surface area contributed by atoms with Crippen LogP contribution in [-0.4, -0.2) is 23.4 Å². The summed E-state index contributed by atoms with van der Waals surface area (Å²) in [5.74, 6) is -0.723. The van der Waals surface area contributed by atoms with Crippen molar-refractivity contribution in [3.05, 3.63) is 46.8 Å². The van der Waals surface area contributed by atoms with Crippen LogP contribution in [-0.2, 0) is 6.42 Å². The van der Waals surface area contributed by atoms with Crippen LogP contribution in [0.5, 0.6) is 0 Å². The molecule has 0 saturated heterocycles. The molecular formula is C16H21F2N3. The highest BCUT2D eigenvalue weighted by molar-refractivity contribution is 5.38. The Balaban J connectivity index is 2.38. The van der Waals surface area contributed by atoms with Crippen LogP contribution in [0.15, 0.2) is 18.2 Å². The molecule has 0 saturated carbocycles. The number of hydrogen-bond acceptors (Lipinski definition) is 2. The summed E-state index contributed by atoms with van der Waals surface area (Å²) in [4.78, 5) is 0. The number of aryl methyl sites for hydroxylation is 1. The highest BCUT2D eigenvalue weighted by Gasteiger charge is 2.17. The number of nitrogens with one attached hydrogen (secondary N) is 1. The zero-order valence-corrected chi connectivity index (χ0v) is 12.9. The summed E-state index contributed by atoms with van der Waals surface area (Å²) in [5, 5.41) is 7.57. The van der Waals surface area contributed by atoms with E-state index in [1.54, 1.807) is 4.68 Å². The summed E-state index contributed by atoms with van der Waals surface area (Å²) in [6.45, 7) is 6.91. The number of hydrogen-bond donors (Lipinski definition) is 1. The summed E-state index contributed by atoms with van der Waals surface area (Å²) in [5.41, 5.74) is 3.20. The van der Waals surface area contributed by atoms with E-state index in [4.69, 9.17) is 0 Å². The van der Waals surface area contributed by atoms with E-state index in [1.165, 1.54) is 12.1 Å². The Morgan fingerprint density at radius 3 is 2.62 bits per heavy atom. The van der Waals surface area contributed by atoms with Gasteiger partial charge < -0.3 is 5.32 Å². The quantitative estimate of drug-likeness (QED) is 0.917. The Morgan fingerprint density at radius 2 is 2.00 bits per heavy atom. The minimum Gasteiger partial charge on any atom is -0.319 e. The molecule has 1 aromatic carbocycles. The monoisotopic (exact) mass is 293 g/mol. The second-order valence-electron chi connectivity index (χ2n) is 5.52. The number of halogens is 2. The molecule has 1 N–H and O–H groups in total. The Kier molecular flexibility index (Phi) is 4.73. The summed E-state index contributed by atoms with van der Waals surface area (Å²) in [6.07, 6.45) is 0.876. The van der Waals surface area contributed by atoms with Gasteiger partial charge in [-0.3, -0.25) is 0 Å². The second-order valence-corrected chi connectivity index (χ2v) is 5.52. The van der Waals surface area contributed by atoms with Gasteiger partial charge in [-0.2, -0.15) is 5.10 Å². The minimum absolute atomic E-state index is 0.282. The summed E-state index contributed by atoms with van der Waals surface area (Å²) < 4.78 is 28.5. The fourth-order valence-electron chi connectivity index (χ4n) is 2.63. The average molecular weight is 293 g/mol. The van der Waals surface area contributed by atoms with Crippen LogP contribution in [0.2, 0.25) is 0 Å². The van der Waals surface area contributed by atoms with E-state index in [9.17, 15) is 8.78 Å². The van der Waals surface area contributed by atoms with Crippen molar-refractivity contribution in [2.75, 3.05) is 13.6 Å². The van der Waals surface area contributed by atoms with E-state index in [-0.39, 0.29) is 5.69 Å². The molecule has 0 bridgehead atoms. The lowest BCUT2D eigenvalue weighted by Gasteiger charge is -2.11. The molecule has 1 atom stereocenters. The lowest BCUT2D eigenvalue weighted by Crippen LogP contribution is -2.18. The third kappa shape index (κ3) is 3.29. The smallest absolute Gasteiger partial charge is 0.151 e. The fraction of sp³-hybridized carbons (Fsp3) is 0.438. The highest BCUT2D eigenvalue weighted by Crippen LogP contribution is 2.22. The van der Waals surface area contributed by atoms with Crippen LogP contribution in [0.25, 0.3) is 5.69 Å². The molecular weight excluding hydrogens is 272 g/mol. The van der Waals surface area contributed by atoms with Crippen molar-refractivity contribution in [1.29, 1.82) is 0 Å². The lowest BCUT2D eigenvalue weighted by molar-refractivity contribution is 0.539. The Bertz CT molecular complexity index is 635. The van der Waals surface area contributed by atoms with Crippen molar-refractivity contribution in [3.63, 3.8) is 0 Å². The second kappa shape index (κ2) is 6.35. The lowest BCUT2D eigenvalue weighted by atomic mass is 9.99. The van der Waals surface area contributed by atoms with Gasteiger partial charge in [-0.1, -0.05) is 6.92 Å². The van der Waals surface area contributed by atoms with Crippen LogP contribution in [0.4, 0.5) is 8.78 Å². The van der Waals surface area contributed by atoms with Gasteiger partial charge in [0.2, 0.25) is 0 Å². The van der Waals surface area contributed by atoms with Crippen molar-refractivity contribution in [3.8, 4) is 5.69 Å². The third-order valence-electron chi connectivity index (χ3n) is 3.68. The molecule has 5 heteroatoms. The van der Waals surface area contributed by atoms with E-state index < -0.39 is 11.6 Å². The third-order valence-corrected chi connectivity index (χ3v) is 3.68. The Labute approximate surface area is 124 Å². The first-order valence-electron chi connectivity index (χ1n) is 7.09. The molecule has 3 nitrogen and oxygen atoms in total. The number of nitrogens with zero attached hydrogens (tertiary/aromatic N) is 2. The van der Waals surface area contributed by atoms with Gasteiger partial charge in [0.05, 0.1) is 5.69 Å². The van der Waals surface area contributed by atoms with E-state index in [0.29, 0.717) is 5.92 Å². The maximum atomic E-state index is 13.9. The van der Waals surface area contributed by atoms with Gasteiger partial charge in [-0.05, 0) is 57.5 Å². The molecule has 1 aromatic heterocycles. The summed E-state index contributed by atoms with van der Waals surface area (Å²) in [7, 11) is 1.92. The van der Waals surface area contributed by atoms with Gasteiger partial charge >= 0.3 is 0 Å². The average Bonchev–Trinajstić information content (AvgIpc) is 2.67. The van der Waals surface area contributed by atoms with Crippen molar-refractivity contribution in [1.82, 2.24) is 15.1 Å². The van der Waals surface area contributed by atoms with E-state index in [2.05, 4.69) is 17.3 Å². The van der Waals surface area contributed by atoms with Crippen molar-refractivity contribution < 1.29 is 8.78 Å². The Hall–Kier alpha value is -1.75. The zero-order valence-electron chi connectivity index (χ0n) is 12.9. The van der Waals surface area contributed by atoms with Gasteiger partial charge in [0.25, 0.3) is 0 Å². The zero-order chi connectivity index (χ0) is 15.6. The molecule has 0 aliphatic carbocycles. The molecule has 0 fully saturated rings. The van der Waals surface area contributed by atoms with Crippen molar-refractivity contribution in [2.45, 2.75) is 27.2 Å². The van der Waals surface area contributed by atoms with Gasteiger partial charge in [0, 0.05) is 11.8 Å². The first kappa shape index (κ1) is 15.6. The van der Waals surface area contributed by atoms with Crippen molar-refractivity contribution >= 4 is 0 Å². The molecule has 0 radical (unpaired) electrons. The molecule has 0 aliphatic rings.